The maximum Gasteiger partial charge on any atom is 0.416 e. The second-order valence-corrected chi connectivity index (χ2v) is 10.3. The van der Waals surface area contributed by atoms with E-state index in [2.05, 4.69) is 0 Å². The first kappa shape index (κ1) is 26.6. The van der Waals surface area contributed by atoms with Crippen molar-refractivity contribution < 1.29 is 52.7 Å². The summed E-state index contributed by atoms with van der Waals surface area (Å²) >= 11 is 0. The van der Waals surface area contributed by atoms with Crippen LogP contribution in [0.1, 0.15) is 47.9 Å². The van der Waals surface area contributed by atoms with Gasteiger partial charge in [-0.25, -0.2) is 0 Å². The van der Waals surface area contributed by atoms with E-state index >= 15 is 0 Å². The number of alkyl halides is 12. The van der Waals surface area contributed by atoms with E-state index in [9.17, 15) is 52.7 Å². The van der Waals surface area contributed by atoms with Gasteiger partial charge >= 0.3 is 24.7 Å². The lowest BCUT2D eigenvalue weighted by molar-refractivity contribution is -0.144. The minimum Gasteiger partial charge on any atom is -0.166 e. The van der Waals surface area contributed by atoms with Crippen molar-refractivity contribution in [1.82, 2.24) is 0 Å². The molecule has 0 unspecified atom stereocenters. The molecular formula is C21H15F12P. The van der Waals surface area contributed by atoms with Crippen LogP contribution in [0.5, 0.6) is 0 Å². The zero-order chi connectivity index (χ0) is 25.7. The topological polar surface area (TPSA) is 0 Å². The first-order valence-corrected chi connectivity index (χ1v) is 11.2. The molecule has 1 fully saturated rings. The minimum atomic E-state index is -5.21. The lowest BCUT2D eigenvalue weighted by Gasteiger charge is -2.28. The van der Waals surface area contributed by atoms with Crippen molar-refractivity contribution in [2.75, 3.05) is 0 Å². The van der Waals surface area contributed by atoms with Crippen molar-refractivity contribution in [3.8, 4) is 0 Å². The lowest BCUT2D eigenvalue weighted by atomic mass is 10.1. The molecule has 0 amide bonds. The van der Waals surface area contributed by atoms with Gasteiger partial charge < -0.3 is 0 Å². The third kappa shape index (κ3) is 5.98. The van der Waals surface area contributed by atoms with Crippen molar-refractivity contribution in [1.29, 1.82) is 0 Å². The van der Waals surface area contributed by atoms with Crippen LogP contribution in [0.3, 0.4) is 0 Å². The number of hydrogen-bond donors (Lipinski definition) is 0. The van der Waals surface area contributed by atoms with E-state index in [0.717, 1.165) is 0 Å². The fourth-order valence-electron chi connectivity index (χ4n) is 3.89. The van der Waals surface area contributed by atoms with Gasteiger partial charge in [0, 0.05) is 0 Å². The van der Waals surface area contributed by atoms with E-state index in [1.165, 1.54) is 0 Å². The third-order valence-electron chi connectivity index (χ3n) is 5.39. The van der Waals surface area contributed by atoms with Gasteiger partial charge in [0.25, 0.3) is 0 Å². The first-order chi connectivity index (χ1) is 15.4. The number of rotatable bonds is 3. The molecule has 34 heavy (non-hydrogen) atoms. The fraction of sp³-hybridized carbons (Fsp3) is 0.429. The van der Waals surface area contributed by atoms with Crippen LogP contribution in [0.25, 0.3) is 0 Å². The maximum absolute atomic E-state index is 13.4. The minimum absolute atomic E-state index is 0.126. The van der Waals surface area contributed by atoms with E-state index in [4.69, 9.17) is 0 Å². The summed E-state index contributed by atoms with van der Waals surface area (Å²) in [5.41, 5.74) is -7.38. The van der Waals surface area contributed by atoms with Gasteiger partial charge in [0.15, 0.2) is 0 Å². The average molecular weight is 526 g/mol. The summed E-state index contributed by atoms with van der Waals surface area (Å²) in [6.07, 6.45) is -19.3. The monoisotopic (exact) mass is 526 g/mol. The molecule has 13 heteroatoms. The number of halogens is 12. The van der Waals surface area contributed by atoms with Crippen LogP contribution in [-0.2, 0) is 24.7 Å². The highest BCUT2D eigenvalue weighted by molar-refractivity contribution is 7.73. The highest BCUT2D eigenvalue weighted by Crippen LogP contribution is 2.50. The Morgan fingerprint density at radius 3 is 0.971 bits per heavy atom. The zero-order valence-corrected chi connectivity index (χ0v) is 17.7. The Morgan fingerprint density at radius 2 is 0.735 bits per heavy atom. The average Bonchev–Trinajstić information content (AvgIpc) is 3.19. The molecule has 1 saturated carbocycles. The predicted octanol–water partition coefficient (Wildman–Crippen LogP) is 8.14. The van der Waals surface area contributed by atoms with Crippen molar-refractivity contribution in [3.05, 3.63) is 58.7 Å². The number of hydrogen-bond acceptors (Lipinski definition) is 0. The summed E-state index contributed by atoms with van der Waals surface area (Å²) in [6.45, 7) is 0. The molecule has 0 saturated heterocycles. The van der Waals surface area contributed by atoms with E-state index in [-0.39, 0.29) is 25.0 Å². The maximum atomic E-state index is 13.4. The van der Waals surface area contributed by atoms with E-state index in [1.807, 2.05) is 0 Å². The van der Waals surface area contributed by atoms with E-state index in [1.54, 1.807) is 0 Å². The molecule has 3 rings (SSSR count). The molecule has 0 aromatic heterocycles. The molecule has 1 aliphatic carbocycles. The van der Waals surface area contributed by atoms with Gasteiger partial charge in [-0.1, -0.05) is 12.8 Å². The predicted molar refractivity (Wildman–Crippen MR) is 101 cm³/mol. The Balaban J connectivity index is 2.32. The summed E-state index contributed by atoms with van der Waals surface area (Å²) in [5.74, 6) is 0. The second-order valence-electron chi connectivity index (χ2n) is 7.84. The van der Waals surface area contributed by atoms with Crippen molar-refractivity contribution >= 4 is 18.5 Å². The van der Waals surface area contributed by atoms with E-state index in [0.29, 0.717) is 37.1 Å². The third-order valence-corrected chi connectivity index (χ3v) is 8.27. The Morgan fingerprint density at radius 1 is 0.471 bits per heavy atom. The molecule has 188 valence electrons. The van der Waals surface area contributed by atoms with Crippen LogP contribution in [0.15, 0.2) is 36.4 Å². The summed E-state index contributed by atoms with van der Waals surface area (Å²) in [5, 5.41) is -1.15. The van der Waals surface area contributed by atoms with Gasteiger partial charge in [0.1, 0.15) is 0 Å². The first-order valence-electron chi connectivity index (χ1n) is 9.75. The normalized spacial score (nSPS) is 16.5. The largest absolute Gasteiger partial charge is 0.416 e. The van der Waals surface area contributed by atoms with Gasteiger partial charge in [0.2, 0.25) is 0 Å². The van der Waals surface area contributed by atoms with Gasteiger partial charge in [-0.15, -0.1) is 0 Å². The lowest BCUT2D eigenvalue weighted by Crippen LogP contribution is -2.25. The zero-order valence-electron chi connectivity index (χ0n) is 16.9. The Kier molecular flexibility index (Phi) is 6.98. The molecule has 0 bridgehead atoms. The molecule has 0 heterocycles. The molecule has 2 aromatic carbocycles. The quantitative estimate of drug-likeness (QED) is 0.280. The Hall–Kier alpha value is -1.97. The smallest absolute Gasteiger partial charge is 0.166 e. The van der Waals surface area contributed by atoms with Crippen LogP contribution in [0.2, 0.25) is 0 Å². The molecular weight excluding hydrogens is 511 g/mol. The molecule has 0 aliphatic heterocycles. The number of benzene rings is 2. The molecule has 0 atom stereocenters. The summed E-state index contributed by atoms with van der Waals surface area (Å²) in [4.78, 5) is 0. The highest BCUT2D eigenvalue weighted by Gasteiger charge is 2.41. The molecule has 2 aromatic rings. The van der Waals surface area contributed by atoms with Crippen LogP contribution in [0, 0.1) is 0 Å². The van der Waals surface area contributed by atoms with Gasteiger partial charge in [0.05, 0.1) is 22.3 Å². The van der Waals surface area contributed by atoms with Gasteiger partial charge in [-0.3, -0.25) is 0 Å². The highest BCUT2D eigenvalue weighted by atomic mass is 31.1. The standard InChI is InChI=1S/C21H15F12P/c22-18(23,24)11-5-12(19(25,26)27)8-16(7-11)34(15-3-1-2-4-15)17-9-13(20(28,29)30)6-14(10-17)21(31,32)33/h5-10,15H,1-4H2. The van der Waals surface area contributed by atoms with Crippen LogP contribution >= 0.6 is 7.92 Å². The van der Waals surface area contributed by atoms with E-state index < -0.39 is 71.1 Å². The van der Waals surface area contributed by atoms with Crippen LogP contribution < -0.4 is 10.6 Å². The second kappa shape index (κ2) is 8.91. The fourth-order valence-corrected chi connectivity index (χ4v) is 7.02. The Bertz CT molecular complexity index is 884. The molecule has 0 spiro atoms. The van der Waals surface area contributed by atoms with Crippen molar-refractivity contribution in [2.45, 2.75) is 56.0 Å². The molecule has 0 nitrogen and oxygen atoms in total. The molecule has 0 radical (unpaired) electrons. The summed E-state index contributed by atoms with van der Waals surface area (Å²) < 4.78 is 160. The van der Waals surface area contributed by atoms with Gasteiger partial charge in [-0.05, 0) is 73.4 Å². The van der Waals surface area contributed by atoms with Crippen LogP contribution in [0.4, 0.5) is 52.7 Å². The van der Waals surface area contributed by atoms with Crippen LogP contribution in [-0.4, -0.2) is 5.66 Å². The van der Waals surface area contributed by atoms with Crippen molar-refractivity contribution in [3.63, 3.8) is 0 Å². The Labute approximate surface area is 186 Å². The molecule has 1 aliphatic rings. The SMILES string of the molecule is FC(F)(F)c1cc(P(c2cc(C(F)(F)F)cc(C(F)(F)F)c2)C2CCCC2)cc(C(F)(F)F)c1. The van der Waals surface area contributed by atoms with Crippen molar-refractivity contribution in [2.24, 2.45) is 0 Å². The summed E-state index contributed by atoms with van der Waals surface area (Å²) in [6, 6.07) is 1.33. The molecule has 0 N–H and O–H groups in total. The summed E-state index contributed by atoms with van der Waals surface area (Å²) in [7, 11) is -2.41. The van der Waals surface area contributed by atoms with Gasteiger partial charge in [-0.2, -0.15) is 52.7 Å².